The highest BCUT2D eigenvalue weighted by molar-refractivity contribution is 6.38. The second kappa shape index (κ2) is 15.0. The Bertz CT molecular complexity index is 1460. The molecule has 0 bridgehead atoms. The Morgan fingerprint density at radius 1 is 0.958 bits per heavy atom. The number of amides is 5. The molecule has 0 unspecified atom stereocenters. The number of fused-ring (bicyclic) bond motifs is 1. The fourth-order valence-electron chi connectivity index (χ4n) is 7.07. The molecule has 0 radical (unpaired) electrons. The highest BCUT2D eigenvalue weighted by Gasteiger charge is 2.51. The third-order valence-corrected chi connectivity index (χ3v) is 9.90. The number of aryl methyl sites for hydroxylation is 1. The predicted octanol–water partition coefficient (Wildman–Crippen LogP) is 2.39. The van der Waals surface area contributed by atoms with Crippen LogP contribution in [0.1, 0.15) is 125 Å². The number of likely N-dealkylation sites (tertiary alicyclic amines) is 1. The Morgan fingerprint density at radius 2 is 1.62 bits per heavy atom. The normalized spacial score (nSPS) is 21.8. The van der Waals surface area contributed by atoms with Crippen molar-refractivity contribution in [1.82, 2.24) is 31.2 Å². The van der Waals surface area contributed by atoms with Crippen molar-refractivity contribution in [3.63, 3.8) is 0 Å². The van der Waals surface area contributed by atoms with Gasteiger partial charge in [0.1, 0.15) is 17.8 Å². The van der Waals surface area contributed by atoms with E-state index in [9.17, 15) is 33.6 Å². The summed E-state index contributed by atoms with van der Waals surface area (Å²) in [5.41, 5.74) is 0.910. The molecule has 13 nitrogen and oxygen atoms in total. The molecule has 1 aromatic heterocycles. The fraction of sp³-hybridized carbons (Fsp3) is 0.686. The van der Waals surface area contributed by atoms with Crippen LogP contribution in [-0.2, 0) is 24.0 Å². The number of nitrogens with zero attached hydrogens (tertiary/aromatic N) is 1. The van der Waals surface area contributed by atoms with Gasteiger partial charge in [-0.1, -0.05) is 47.0 Å². The van der Waals surface area contributed by atoms with Crippen LogP contribution in [0.5, 0.6) is 0 Å². The number of nitrogens with one attached hydrogen (secondary N) is 5. The van der Waals surface area contributed by atoms with Crippen LogP contribution >= 0.6 is 0 Å². The number of carbonyl (C=O) groups is 7. The third kappa shape index (κ3) is 8.33. The summed E-state index contributed by atoms with van der Waals surface area (Å²) in [4.78, 5) is 96.9. The van der Waals surface area contributed by atoms with Gasteiger partial charge in [-0.25, -0.2) is 0 Å². The van der Waals surface area contributed by atoms with Crippen LogP contribution in [0.4, 0.5) is 0 Å². The lowest BCUT2D eigenvalue weighted by Gasteiger charge is -2.39. The number of aromatic nitrogens is 1. The zero-order valence-electron chi connectivity index (χ0n) is 29.3. The summed E-state index contributed by atoms with van der Waals surface area (Å²) in [7, 11) is 0. The van der Waals surface area contributed by atoms with Crippen LogP contribution < -0.4 is 21.3 Å². The van der Waals surface area contributed by atoms with E-state index in [4.69, 9.17) is 0 Å². The molecule has 2 saturated carbocycles. The van der Waals surface area contributed by atoms with Gasteiger partial charge in [0, 0.05) is 17.8 Å². The molecule has 48 heavy (non-hydrogen) atoms. The standard InChI is InChI=1S/C35H52N6O7/c1-8-11-23(29(44)33(47)38-22-14-15-22)39-31(45)25-16-21-12-9-10-13-24(21)41(25)34(48)30(35(5,6)7)40-26(43)17-36-32(46)28-27(20(4)42)18(2)19(3)37-28/h21-25,30,37H,8-17H2,1-7H3,(H,36,46)(H,38,47)(H,39,45)(H,40,43)/t21-,23-,24-,25-,30+/m0/s1. The van der Waals surface area contributed by atoms with Gasteiger partial charge < -0.3 is 31.2 Å². The zero-order chi connectivity index (χ0) is 35.5. The summed E-state index contributed by atoms with van der Waals surface area (Å²) in [6.45, 7) is 11.7. The number of hydrogen-bond donors (Lipinski definition) is 5. The van der Waals surface area contributed by atoms with E-state index in [0.717, 1.165) is 38.5 Å². The van der Waals surface area contributed by atoms with E-state index in [1.54, 1.807) is 18.7 Å². The average molecular weight is 669 g/mol. The first kappa shape index (κ1) is 36.8. The molecule has 4 rings (SSSR count). The molecule has 13 heteroatoms. The summed E-state index contributed by atoms with van der Waals surface area (Å²) < 4.78 is 0. The quantitative estimate of drug-likeness (QED) is 0.158. The van der Waals surface area contributed by atoms with Crippen molar-refractivity contribution in [3.05, 3.63) is 22.5 Å². The van der Waals surface area contributed by atoms with Crippen LogP contribution in [0.2, 0.25) is 0 Å². The van der Waals surface area contributed by atoms with E-state index in [-0.39, 0.29) is 41.5 Å². The van der Waals surface area contributed by atoms with Crippen molar-refractivity contribution in [2.75, 3.05) is 6.54 Å². The molecule has 2 heterocycles. The van der Waals surface area contributed by atoms with E-state index in [1.165, 1.54) is 6.92 Å². The third-order valence-electron chi connectivity index (χ3n) is 9.90. The Kier molecular flexibility index (Phi) is 11.5. The number of aromatic amines is 1. The summed E-state index contributed by atoms with van der Waals surface area (Å²) in [6.07, 6.45) is 6.41. The lowest BCUT2D eigenvalue weighted by Crippen LogP contribution is -2.61. The van der Waals surface area contributed by atoms with E-state index in [1.807, 2.05) is 27.7 Å². The molecular weight excluding hydrogens is 616 g/mol. The highest BCUT2D eigenvalue weighted by Crippen LogP contribution is 2.41. The van der Waals surface area contributed by atoms with E-state index in [2.05, 4.69) is 26.3 Å². The molecule has 2 aliphatic carbocycles. The Morgan fingerprint density at radius 3 is 2.23 bits per heavy atom. The predicted molar refractivity (Wildman–Crippen MR) is 178 cm³/mol. The SMILES string of the molecule is CCC[C@H](NC(=O)[C@@H]1C[C@@H]2CCCC[C@@H]2N1C(=O)[C@@H](NC(=O)CNC(=O)c1[nH]c(C)c(C)c1C(C)=O)C(C)(C)C)C(=O)C(=O)NC1CC1. The summed E-state index contributed by atoms with van der Waals surface area (Å²) in [5, 5.41) is 10.9. The molecule has 5 atom stereocenters. The van der Waals surface area contributed by atoms with Gasteiger partial charge in [-0.3, -0.25) is 33.6 Å². The number of ketones is 2. The van der Waals surface area contributed by atoms with Gasteiger partial charge >= 0.3 is 0 Å². The average Bonchev–Trinajstić information content (AvgIpc) is 3.67. The van der Waals surface area contributed by atoms with Gasteiger partial charge in [0.2, 0.25) is 23.5 Å². The molecule has 264 valence electrons. The minimum Gasteiger partial charge on any atom is -0.354 e. The minimum atomic E-state index is -1.03. The van der Waals surface area contributed by atoms with Crippen molar-refractivity contribution in [1.29, 1.82) is 0 Å². The van der Waals surface area contributed by atoms with Crippen LogP contribution in [0.15, 0.2) is 0 Å². The van der Waals surface area contributed by atoms with Crippen molar-refractivity contribution in [3.8, 4) is 0 Å². The van der Waals surface area contributed by atoms with Gasteiger partial charge in [-0.15, -0.1) is 0 Å². The molecule has 1 saturated heterocycles. The van der Waals surface area contributed by atoms with Gasteiger partial charge in [0.15, 0.2) is 5.78 Å². The summed E-state index contributed by atoms with van der Waals surface area (Å²) in [6, 6.07) is -3.10. The first-order valence-electron chi connectivity index (χ1n) is 17.3. The van der Waals surface area contributed by atoms with E-state index >= 15 is 0 Å². The maximum Gasteiger partial charge on any atom is 0.289 e. The molecule has 5 N–H and O–H groups in total. The molecule has 5 amide bonds. The summed E-state index contributed by atoms with van der Waals surface area (Å²) in [5.74, 6) is -3.68. The second-order valence-electron chi connectivity index (χ2n) is 14.8. The smallest absolute Gasteiger partial charge is 0.289 e. The molecule has 1 aromatic rings. The van der Waals surface area contributed by atoms with Crippen LogP contribution in [0, 0.1) is 25.2 Å². The topological polar surface area (TPSA) is 187 Å². The monoisotopic (exact) mass is 668 g/mol. The first-order valence-corrected chi connectivity index (χ1v) is 17.3. The Labute approximate surface area is 282 Å². The maximum absolute atomic E-state index is 14.5. The Balaban J connectivity index is 1.50. The lowest BCUT2D eigenvalue weighted by atomic mass is 9.83. The minimum absolute atomic E-state index is 0.00300. The number of Topliss-reactive ketones (excluding diaryl/α,β-unsaturated/α-hetero) is 2. The largest absolute Gasteiger partial charge is 0.354 e. The first-order chi connectivity index (χ1) is 22.5. The molecule has 3 aliphatic rings. The second-order valence-corrected chi connectivity index (χ2v) is 14.8. The van der Waals surface area contributed by atoms with Crippen LogP contribution in [0.3, 0.4) is 0 Å². The van der Waals surface area contributed by atoms with Crippen molar-refractivity contribution in [2.45, 2.75) is 136 Å². The van der Waals surface area contributed by atoms with Crippen molar-refractivity contribution < 1.29 is 33.6 Å². The van der Waals surface area contributed by atoms with Gasteiger partial charge in [-0.2, -0.15) is 0 Å². The van der Waals surface area contributed by atoms with E-state index in [0.29, 0.717) is 24.1 Å². The molecule has 1 aliphatic heterocycles. The van der Waals surface area contributed by atoms with Gasteiger partial charge in [0.05, 0.1) is 18.2 Å². The summed E-state index contributed by atoms with van der Waals surface area (Å²) >= 11 is 0. The molecule has 0 aromatic carbocycles. The van der Waals surface area contributed by atoms with Crippen LogP contribution in [0.25, 0.3) is 0 Å². The van der Waals surface area contributed by atoms with Crippen LogP contribution in [-0.4, -0.2) is 87.7 Å². The number of carbonyl (C=O) groups excluding carboxylic acids is 7. The molecule has 3 fully saturated rings. The van der Waals surface area contributed by atoms with E-state index < -0.39 is 65.4 Å². The van der Waals surface area contributed by atoms with Crippen molar-refractivity contribution >= 4 is 41.1 Å². The molecule has 0 spiro atoms. The highest BCUT2D eigenvalue weighted by atomic mass is 16.2. The van der Waals surface area contributed by atoms with Gasteiger partial charge in [-0.05, 0) is 76.2 Å². The lowest BCUT2D eigenvalue weighted by molar-refractivity contribution is -0.147. The number of hydrogen-bond acceptors (Lipinski definition) is 7. The maximum atomic E-state index is 14.5. The number of rotatable bonds is 13. The number of H-pyrrole nitrogens is 1. The zero-order valence-corrected chi connectivity index (χ0v) is 29.3. The van der Waals surface area contributed by atoms with Crippen molar-refractivity contribution in [2.24, 2.45) is 11.3 Å². The Hall–Kier alpha value is -4.03. The fourth-order valence-corrected chi connectivity index (χ4v) is 7.07. The molecular formula is C35H52N6O7. The van der Waals surface area contributed by atoms with Gasteiger partial charge in [0.25, 0.3) is 11.8 Å².